The number of hydrogen-bond donors (Lipinski definition) is 1. The molecular weight excluding hydrogens is 250 g/mol. The highest BCUT2D eigenvalue weighted by molar-refractivity contribution is 7.79. The lowest BCUT2D eigenvalue weighted by atomic mass is 9.91. The molecule has 0 aliphatic carbocycles. The third kappa shape index (κ3) is 2.66. The molecule has 0 fully saturated rings. The highest BCUT2D eigenvalue weighted by atomic mass is 32.1. The molecule has 5 heteroatoms. The summed E-state index contributed by atoms with van der Waals surface area (Å²) in [5.74, 6) is 0.713. The van der Waals surface area contributed by atoms with Gasteiger partial charge < -0.3 is 0 Å². The van der Waals surface area contributed by atoms with Crippen molar-refractivity contribution in [3.63, 3.8) is 0 Å². The van der Waals surface area contributed by atoms with Gasteiger partial charge in [-0.3, -0.25) is 9.97 Å². The van der Waals surface area contributed by atoms with Crippen LogP contribution >= 0.6 is 24.0 Å². The standard InChI is InChI=1S/C12H15N3S2/c1-12(2,3)10-9(7-16)17-11(15-10)8-6-13-4-5-14-8/h4-6,16H,7H2,1-3H3. The summed E-state index contributed by atoms with van der Waals surface area (Å²) in [5, 5.41) is 0.923. The van der Waals surface area contributed by atoms with Crippen molar-refractivity contribution in [3.05, 3.63) is 29.2 Å². The van der Waals surface area contributed by atoms with Gasteiger partial charge in [0.1, 0.15) is 10.7 Å². The Morgan fingerprint density at radius 2 is 2.06 bits per heavy atom. The van der Waals surface area contributed by atoms with Gasteiger partial charge in [-0.25, -0.2) is 4.98 Å². The molecule has 0 spiro atoms. The first kappa shape index (κ1) is 12.5. The number of thiol groups is 1. The van der Waals surface area contributed by atoms with Gasteiger partial charge in [-0.1, -0.05) is 20.8 Å². The minimum Gasteiger partial charge on any atom is -0.261 e. The highest BCUT2D eigenvalue weighted by Crippen LogP contribution is 2.34. The van der Waals surface area contributed by atoms with Crippen molar-refractivity contribution in [1.82, 2.24) is 15.0 Å². The molecule has 0 N–H and O–H groups in total. The van der Waals surface area contributed by atoms with Crippen LogP contribution < -0.4 is 0 Å². The van der Waals surface area contributed by atoms with E-state index in [4.69, 9.17) is 0 Å². The van der Waals surface area contributed by atoms with Crippen LogP contribution in [0.4, 0.5) is 0 Å². The molecule has 0 bridgehead atoms. The average molecular weight is 265 g/mol. The van der Waals surface area contributed by atoms with E-state index in [2.05, 4.69) is 48.4 Å². The van der Waals surface area contributed by atoms with Crippen LogP contribution in [0.1, 0.15) is 31.3 Å². The van der Waals surface area contributed by atoms with E-state index < -0.39 is 0 Å². The van der Waals surface area contributed by atoms with Crippen LogP contribution in [-0.2, 0) is 11.2 Å². The molecule has 17 heavy (non-hydrogen) atoms. The Labute approximate surface area is 111 Å². The summed E-state index contributed by atoms with van der Waals surface area (Å²) in [6.45, 7) is 6.49. The SMILES string of the molecule is CC(C)(C)c1nc(-c2cnccn2)sc1CS. The number of rotatable bonds is 2. The van der Waals surface area contributed by atoms with E-state index in [9.17, 15) is 0 Å². The van der Waals surface area contributed by atoms with Crippen LogP contribution in [0.2, 0.25) is 0 Å². The van der Waals surface area contributed by atoms with Crippen molar-refractivity contribution < 1.29 is 0 Å². The molecule has 2 rings (SSSR count). The molecule has 90 valence electrons. The molecule has 0 aliphatic heterocycles. The molecule has 0 atom stereocenters. The second-order valence-electron chi connectivity index (χ2n) is 4.79. The number of nitrogens with zero attached hydrogens (tertiary/aromatic N) is 3. The number of hydrogen-bond acceptors (Lipinski definition) is 5. The van der Waals surface area contributed by atoms with E-state index in [-0.39, 0.29) is 5.41 Å². The molecule has 0 saturated heterocycles. The molecular formula is C12H15N3S2. The molecule has 0 amide bonds. The van der Waals surface area contributed by atoms with E-state index in [1.165, 1.54) is 4.88 Å². The zero-order chi connectivity index (χ0) is 12.5. The molecule has 0 saturated carbocycles. The minimum absolute atomic E-state index is 0.0367. The molecule has 2 aromatic heterocycles. The Bertz CT molecular complexity index is 500. The molecule has 0 unspecified atom stereocenters. The fourth-order valence-corrected chi connectivity index (χ4v) is 3.00. The third-order valence-corrected chi connectivity index (χ3v) is 3.94. The average Bonchev–Trinajstić information content (AvgIpc) is 2.74. The molecule has 3 nitrogen and oxygen atoms in total. The lowest BCUT2D eigenvalue weighted by molar-refractivity contribution is 0.569. The van der Waals surface area contributed by atoms with Crippen LogP contribution in [0.5, 0.6) is 0 Å². The maximum absolute atomic E-state index is 4.69. The van der Waals surface area contributed by atoms with E-state index in [1.807, 2.05) is 0 Å². The molecule has 0 aromatic carbocycles. The normalized spacial score (nSPS) is 11.8. The first-order valence-electron chi connectivity index (χ1n) is 5.40. The minimum atomic E-state index is 0.0367. The Morgan fingerprint density at radius 3 is 2.53 bits per heavy atom. The summed E-state index contributed by atoms with van der Waals surface area (Å²) in [6, 6.07) is 0. The van der Waals surface area contributed by atoms with Crippen molar-refractivity contribution >= 4 is 24.0 Å². The first-order valence-corrected chi connectivity index (χ1v) is 6.84. The van der Waals surface area contributed by atoms with Gasteiger partial charge in [-0.15, -0.1) is 11.3 Å². The van der Waals surface area contributed by atoms with Gasteiger partial charge in [-0.2, -0.15) is 12.6 Å². The predicted octanol–water partition coefficient (Wildman–Crippen LogP) is 3.33. The Balaban J connectivity index is 2.49. The quantitative estimate of drug-likeness (QED) is 0.847. The monoisotopic (exact) mass is 265 g/mol. The lowest BCUT2D eigenvalue weighted by Gasteiger charge is -2.16. The van der Waals surface area contributed by atoms with Crippen molar-refractivity contribution in [2.24, 2.45) is 0 Å². The van der Waals surface area contributed by atoms with Crippen LogP contribution in [0, 0.1) is 0 Å². The van der Waals surface area contributed by atoms with Crippen molar-refractivity contribution in [2.45, 2.75) is 31.9 Å². The number of thiazole rings is 1. The number of aromatic nitrogens is 3. The summed E-state index contributed by atoms with van der Waals surface area (Å²) >= 11 is 6.02. The Hall–Kier alpha value is -0.940. The Morgan fingerprint density at radius 1 is 1.29 bits per heavy atom. The smallest absolute Gasteiger partial charge is 0.144 e. The van der Waals surface area contributed by atoms with Gasteiger partial charge >= 0.3 is 0 Å². The zero-order valence-corrected chi connectivity index (χ0v) is 11.8. The van der Waals surface area contributed by atoms with Gasteiger partial charge in [-0.05, 0) is 0 Å². The second kappa shape index (κ2) is 4.74. The zero-order valence-electron chi connectivity index (χ0n) is 10.1. The van der Waals surface area contributed by atoms with E-state index in [0.717, 1.165) is 16.4 Å². The summed E-state index contributed by atoms with van der Waals surface area (Å²) < 4.78 is 0. The first-order chi connectivity index (χ1) is 8.02. The van der Waals surface area contributed by atoms with E-state index >= 15 is 0 Å². The van der Waals surface area contributed by atoms with Crippen molar-refractivity contribution in [2.75, 3.05) is 0 Å². The van der Waals surface area contributed by atoms with Crippen molar-refractivity contribution in [1.29, 1.82) is 0 Å². The van der Waals surface area contributed by atoms with Gasteiger partial charge in [0.25, 0.3) is 0 Å². The molecule has 0 radical (unpaired) electrons. The maximum Gasteiger partial charge on any atom is 0.144 e. The summed E-state index contributed by atoms with van der Waals surface area (Å²) in [4.78, 5) is 14.3. The Kier molecular flexibility index (Phi) is 3.49. The second-order valence-corrected chi connectivity index (χ2v) is 6.19. The lowest BCUT2D eigenvalue weighted by Crippen LogP contribution is -2.13. The molecule has 2 aromatic rings. The topological polar surface area (TPSA) is 38.7 Å². The van der Waals surface area contributed by atoms with E-state index in [1.54, 1.807) is 29.9 Å². The summed E-state index contributed by atoms with van der Waals surface area (Å²) in [7, 11) is 0. The third-order valence-electron chi connectivity index (χ3n) is 2.33. The van der Waals surface area contributed by atoms with E-state index in [0.29, 0.717) is 5.75 Å². The largest absolute Gasteiger partial charge is 0.261 e. The maximum atomic E-state index is 4.69. The highest BCUT2D eigenvalue weighted by Gasteiger charge is 2.23. The summed E-state index contributed by atoms with van der Waals surface area (Å²) in [6.07, 6.45) is 5.10. The van der Waals surface area contributed by atoms with Crippen LogP contribution in [0.3, 0.4) is 0 Å². The van der Waals surface area contributed by atoms with Gasteiger partial charge in [0, 0.05) is 28.4 Å². The van der Waals surface area contributed by atoms with Crippen molar-refractivity contribution in [3.8, 4) is 10.7 Å². The van der Waals surface area contributed by atoms with Gasteiger partial charge in [0.2, 0.25) is 0 Å². The fourth-order valence-electron chi connectivity index (χ4n) is 1.56. The van der Waals surface area contributed by atoms with Gasteiger partial charge in [0.15, 0.2) is 0 Å². The molecule has 2 heterocycles. The predicted molar refractivity (Wildman–Crippen MR) is 74.5 cm³/mol. The van der Waals surface area contributed by atoms with Crippen LogP contribution in [0.25, 0.3) is 10.7 Å². The molecule has 0 aliphatic rings. The van der Waals surface area contributed by atoms with Crippen LogP contribution in [0.15, 0.2) is 18.6 Å². The van der Waals surface area contributed by atoms with Crippen LogP contribution in [-0.4, -0.2) is 15.0 Å². The fraction of sp³-hybridized carbons (Fsp3) is 0.417. The summed E-state index contributed by atoms with van der Waals surface area (Å²) in [5.41, 5.74) is 1.98. The van der Waals surface area contributed by atoms with Gasteiger partial charge in [0.05, 0.1) is 11.9 Å².